The number of aromatic nitrogens is 1. The molecule has 12 heteroatoms. The maximum Gasteiger partial charge on any atom is 0.396 e. The van der Waals surface area contributed by atoms with Crippen LogP contribution < -0.4 is 15.0 Å². The van der Waals surface area contributed by atoms with Gasteiger partial charge in [0.05, 0.1) is 19.2 Å². The van der Waals surface area contributed by atoms with Gasteiger partial charge in [0.2, 0.25) is 0 Å². The first-order chi connectivity index (χ1) is 16.4. The summed E-state index contributed by atoms with van der Waals surface area (Å²) in [7, 11) is 1.52. The molecule has 1 aromatic carbocycles. The van der Waals surface area contributed by atoms with E-state index in [-0.39, 0.29) is 23.6 Å². The molecule has 3 aliphatic rings. The number of phenols is 1. The van der Waals surface area contributed by atoms with Crippen LogP contribution in [0, 0.1) is 17.7 Å². The van der Waals surface area contributed by atoms with Crippen LogP contribution in [0.5, 0.6) is 11.5 Å². The molecule has 0 bridgehead atoms. The SMILES string of the molecule is COC1(C)CN(c2nc(C(=O)Nc3cc(O)c(OC4CC5CC5C4)c(F)c3)c(CC(F)(F)F)o2)C1. The zero-order chi connectivity index (χ0) is 25.1. The lowest BCUT2D eigenvalue weighted by atomic mass is 9.97. The van der Waals surface area contributed by atoms with Crippen molar-refractivity contribution in [2.45, 2.75) is 50.5 Å². The third-order valence-corrected chi connectivity index (χ3v) is 6.84. The molecule has 2 N–H and O–H groups in total. The summed E-state index contributed by atoms with van der Waals surface area (Å²) >= 11 is 0. The topological polar surface area (TPSA) is 97.1 Å². The summed E-state index contributed by atoms with van der Waals surface area (Å²) in [5, 5.41) is 12.6. The summed E-state index contributed by atoms with van der Waals surface area (Å²) in [6, 6.07) is 1.87. The second-order valence-electron chi connectivity index (χ2n) is 9.80. The van der Waals surface area contributed by atoms with Crippen molar-refractivity contribution in [3.63, 3.8) is 0 Å². The number of ether oxygens (including phenoxy) is 2. The van der Waals surface area contributed by atoms with E-state index in [1.165, 1.54) is 7.11 Å². The first kappa shape index (κ1) is 23.7. The fraction of sp³-hybridized carbons (Fsp3) is 0.565. The minimum absolute atomic E-state index is 0.142. The number of hydrogen-bond donors (Lipinski definition) is 2. The quantitative estimate of drug-likeness (QED) is 0.549. The van der Waals surface area contributed by atoms with E-state index in [1.54, 1.807) is 4.90 Å². The number of nitrogens with one attached hydrogen (secondary N) is 1. The van der Waals surface area contributed by atoms with Gasteiger partial charge in [0.15, 0.2) is 23.0 Å². The van der Waals surface area contributed by atoms with Gasteiger partial charge in [0.1, 0.15) is 17.8 Å². The highest BCUT2D eigenvalue weighted by Gasteiger charge is 2.47. The van der Waals surface area contributed by atoms with Gasteiger partial charge in [-0.25, -0.2) is 4.39 Å². The van der Waals surface area contributed by atoms with E-state index in [2.05, 4.69) is 10.3 Å². The maximum absolute atomic E-state index is 14.7. The van der Waals surface area contributed by atoms with Crippen LogP contribution in [0.15, 0.2) is 16.5 Å². The molecule has 1 amide bonds. The van der Waals surface area contributed by atoms with E-state index in [0.717, 1.165) is 31.4 Å². The molecular weight excluding hydrogens is 474 g/mol. The van der Waals surface area contributed by atoms with E-state index < -0.39 is 47.1 Å². The fourth-order valence-corrected chi connectivity index (χ4v) is 4.86. The van der Waals surface area contributed by atoms with Crippen LogP contribution in [0.2, 0.25) is 0 Å². The Morgan fingerprint density at radius 3 is 2.57 bits per heavy atom. The molecule has 2 heterocycles. The number of alkyl halides is 3. The Labute approximate surface area is 198 Å². The third kappa shape index (κ3) is 4.89. The summed E-state index contributed by atoms with van der Waals surface area (Å²) in [4.78, 5) is 18.3. The van der Waals surface area contributed by atoms with Gasteiger partial charge in [-0.1, -0.05) is 0 Å². The van der Waals surface area contributed by atoms with Crippen molar-refractivity contribution < 1.29 is 41.4 Å². The monoisotopic (exact) mass is 499 g/mol. The molecule has 2 aromatic rings. The van der Waals surface area contributed by atoms with Crippen molar-refractivity contribution in [3.8, 4) is 11.5 Å². The molecule has 2 atom stereocenters. The van der Waals surface area contributed by atoms with Crippen LogP contribution >= 0.6 is 0 Å². The minimum Gasteiger partial charge on any atom is -0.504 e. The molecule has 190 valence electrons. The number of fused-ring (bicyclic) bond motifs is 1. The molecule has 0 spiro atoms. The Hall–Kier alpha value is -3.02. The van der Waals surface area contributed by atoms with Crippen molar-refractivity contribution in [1.29, 1.82) is 0 Å². The minimum atomic E-state index is -4.65. The highest BCUT2D eigenvalue weighted by Crippen LogP contribution is 2.53. The standard InChI is InChI=1S/C23H25F4N3O5/c1-22(33-2)9-30(10-22)21-29-18(17(35-21)8-23(25,26)27)20(32)28-13-6-15(24)19(16(31)7-13)34-14-4-11-3-12(11)5-14/h6-7,11-12,14,31H,3-5,8-10H2,1-2H3,(H,28,32). The van der Waals surface area contributed by atoms with Crippen LogP contribution in [-0.2, 0) is 11.2 Å². The van der Waals surface area contributed by atoms with Gasteiger partial charge in [-0.3, -0.25) is 4.79 Å². The number of nitrogens with zero attached hydrogens (tertiary/aromatic N) is 2. The molecule has 2 aliphatic carbocycles. The highest BCUT2D eigenvalue weighted by molar-refractivity contribution is 6.04. The third-order valence-electron chi connectivity index (χ3n) is 6.84. The van der Waals surface area contributed by atoms with Crippen molar-refractivity contribution in [2.75, 3.05) is 30.4 Å². The Balaban J connectivity index is 1.32. The van der Waals surface area contributed by atoms with Gasteiger partial charge in [-0.15, -0.1) is 0 Å². The van der Waals surface area contributed by atoms with Gasteiger partial charge in [0.25, 0.3) is 11.9 Å². The van der Waals surface area contributed by atoms with E-state index in [9.17, 15) is 27.5 Å². The Bertz CT molecular complexity index is 1110. The molecule has 5 rings (SSSR count). The van der Waals surface area contributed by atoms with E-state index in [0.29, 0.717) is 24.9 Å². The molecule has 2 unspecified atom stereocenters. The second-order valence-corrected chi connectivity index (χ2v) is 9.80. The lowest BCUT2D eigenvalue weighted by Crippen LogP contribution is -2.61. The number of methoxy groups -OCH3 is 1. The van der Waals surface area contributed by atoms with Crippen LogP contribution in [0.3, 0.4) is 0 Å². The molecular formula is C23H25F4N3O5. The van der Waals surface area contributed by atoms with Crippen molar-refractivity contribution >= 4 is 17.6 Å². The summed E-state index contributed by atoms with van der Waals surface area (Å²) in [5.74, 6) is -2.22. The summed E-state index contributed by atoms with van der Waals surface area (Å²) in [6.45, 7) is 2.46. The maximum atomic E-state index is 14.7. The van der Waals surface area contributed by atoms with Crippen molar-refractivity contribution in [2.24, 2.45) is 11.8 Å². The van der Waals surface area contributed by atoms with Gasteiger partial charge < -0.3 is 29.2 Å². The van der Waals surface area contributed by atoms with Gasteiger partial charge >= 0.3 is 6.18 Å². The number of amides is 1. The molecule has 0 radical (unpaired) electrons. The van der Waals surface area contributed by atoms with Crippen LogP contribution in [0.1, 0.15) is 42.4 Å². The number of benzene rings is 1. The molecule has 8 nitrogen and oxygen atoms in total. The zero-order valence-electron chi connectivity index (χ0n) is 19.1. The summed E-state index contributed by atoms with van der Waals surface area (Å²) in [6.07, 6.45) is -3.57. The molecule has 35 heavy (non-hydrogen) atoms. The van der Waals surface area contributed by atoms with Crippen molar-refractivity contribution in [1.82, 2.24) is 4.98 Å². The fourth-order valence-electron chi connectivity index (χ4n) is 4.86. The number of aromatic hydroxyl groups is 1. The van der Waals surface area contributed by atoms with Crippen LogP contribution in [-0.4, -0.2) is 54.1 Å². The summed E-state index contributed by atoms with van der Waals surface area (Å²) in [5.41, 5.74) is -1.24. The van der Waals surface area contributed by atoms with Gasteiger partial charge in [-0.2, -0.15) is 18.2 Å². The molecule has 3 fully saturated rings. The highest BCUT2D eigenvalue weighted by atomic mass is 19.4. The lowest BCUT2D eigenvalue weighted by Gasteiger charge is -2.45. The second kappa shape index (κ2) is 8.28. The number of hydrogen-bond acceptors (Lipinski definition) is 7. The first-order valence-electron chi connectivity index (χ1n) is 11.3. The molecule has 1 aliphatic heterocycles. The van der Waals surface area contributed by atoms with E-state index in [4.69, 9.17) is 13.9 Å². The number of oxazole rings is 1. The number of carbonyl (C=O) groups excluding carboxylic acids is 1. The van der Waals surface area contributed by atoms with Gasteiger partial charge in [0, 0.05) is 24.9 Å². The van der Waals surface area contributed by atoms with Gasteiger partial charge in [-0.05, 0) is 38.0 Å². The average Bonchev–Trinajstić information content (AvgIpc) is 3.14. The Morgan fingerprint density at radius 1 is 1.29 bits per heavy atom. The first-order valence-corrected chi connectivity index (χ1v) is 11.3. The van der Waals surface area contributed by atoms with E-state index >= 15 is 0 Å². The number of carbonyl (C=O) groups is 1. The normalized spacial score (nSPS) is 24.6. The predicted octanol–water partition coefficient (Wildman–Crippen LogP) is 4.28. The number of anilines is 2. The molecule has 2 saturated carbocycles. The van der Waals surface area contributed by atoms with Crippen molar-refractivity contribution in [3.05, 3.63) is 29.4 Å². The number of phenolic OH excluding ortho intramolecular Hbond substituents is 1. The molecule has 1 aromatic heterocycles. The predicted molar refractivity (Wildman–Crippen MR) is 115 cm³/mol. The smallest absolute Gasteiger partial charge is 0.396 e. The largest absolute Gasteiger partial charge is 0.504 e. The molecule has 1 saturated heterocycles. The Kier molecular flexibility index (Phi) is 5.61. The lowest BCUT2D eigenvalue weighted by molar-refractivity contribution is -0.130. The average molecular weight is 499 g/mol. The summed E-state index contributed by atoms with van der Waals surface area (Å²) < 4.78 is 70.1. The Morgan fingerprint density at radius 2 is 1.97 bits per heavy atom. The zero-order valence-corrected chi connectivity index (χ0v) is 19.1. The van der Waals surface area contributed by atoms with Crippen LogP contribution in [0.25, 0.3) is 0 Å². The van der Waals surface area contributed by atoms with E-state index in [1.807, 2.05) is 6.92 Å². The number of rotatable bonds is 7. The number of halogens is 4. The van der Waals surface area contributed by atoms with Crippen LogP contribution in [0.4, 0.5) is 29.3 Å².